The number of nitrogens with one attached hydrogen (secondary N) is 2. The number of anilines is 1. The molecule has 3 aliphatic rings. The fourth-order valence-electron chi connectivity index (χ4n) is 5.27. The second-order valence-electron chi connectivity index (χ2n) is 9.09. The summed E-state index contributed by atoms with van der Waals surface area (Å²) in [7, 11) is 3.64. The minimum atomic E-state index is 0. The number of rotatable bonds is 5. The highest BCUT2D eigenvalue weighted by Gasteiger charge is 2.50. The number of carbonyl (C=O) groups excluding carboxylic acids is 1. The predicted octanol–water partition coefficient (Wildman–Crippen LogP) is 4.17. The molecule has 2 aromatic rings. The van der Waals surface area contributed by atoms with E-state index in [-0.39, 0.29) is 30.3 Å². The van der Waals surface area contributed by atoms with E-state index >= 15 is 0 Å². The second-order valence-corrected chi connectivity index (χ2v) is 9.09. The third-order valence-electron chi connectivity index (χ3n) is 7.12. The van der Waals surface area contributed by atoms with E-state index in [1.54, 1.807) is 7.11 Å². The lowest BCUT2D eigenvalue weighted by atomic mass is 9.89. The zero-order valence-electron chi connectivity index (χ0n) is 18.4. The van der Waals surface area contributed by atoms with E-state index in [9.17, 15) is 4.79 Å². The Balaban J connectivity index is 0.00000231. The van der Waals surface area contributed by atoms with E-state index in [1.165, 1.54) is 11.1 Å². The first-order chi connectivity index (χ1) is 14.6. The summed E-state index contributed by atoms with van der Waals surface area (Å²) in [5.41, 5.74) is 4.74. The molecular formula is C25H32ClN3O2. The molecule has 2 aromatic carbocycles. The topological polar surface area (TPSA) is 53.6 Å². The van der Waals surface area contributed by atoms with E-state index in [1.807, 2.05) is 11.9 Å². The highest BCUT2D eigenvalue weighted by molar-refractivity contribution is 6.01. The minimum absolute atomic E-state index is 0. The van der Waals surface area contributed by atoms with Gasteiger partial charge in [-0.1, -0.05) is 30.3 Å². The molecule has 2 aliphatic heterocycles. The van der Waals surface area contributed by atoms with Crippen LogP contribution in [0.3, 0.4) is 0 Å². The third kappa shape index (κ3) is 4.07. The quantitative estimate of drug-likeness (QED) is 0.731. The summed E-state index contributed by atoms with van der Waals surface area (Å²) >= 11 is 0. The molecule has 3 unspecified atom stereocenters. The summed E-state index contributed by atoms with van der Waals surface area (Å²) in [5.74, 6) is 1.73. The normalized spacial score (nSPS) is 28.9. The van der Waals surface area contributed by atoms with Gasteiger partial charge in [0.15, 0.2) is 0 Å². The number of fused-ring (bicyclic) bond motifs is 3. The van der Waals surface area contributed by atoms with Crippen LogP contribution in [0.1, 0.15) is 54.8 Å². The molecule has 5 atom stereocenters. The Bertz CT molecular complexity index is 951. The molecule has 5 nitrogen and oxygen atoms in total. The molecule has 166 valence electrons. The zero-order chi connectivity index (χ0) is 20.8. The van der Waals surface area contributed by atoms with Gasteiger partial charge in [-0.25, -0.2) is 0 Å². The van der Waals surface area contributed by atoms with Crippen molar-refractivity contribution in [2.24, 2.45) is 5.92 Å². The van der Waals surface area contributed by atoms with Crippen LogP contribution in [-0.4, -0.2) is 32.1 Å². The number of piperidine rings is 1. The van der Waals surface area contributed by atoms with Crippen LogP contribution in [0.4, 0.5) is 5.69 Å². The maximum Gasteiger partial charge on any atom is 0.230 e. The first kappa shape index (κ1) is 22.1. The van der Waals surface area contributed by atoms with Gasteiger partial charge in [-0.15, -0.1) is 12.4 Å². The van der Waals surface area contributed by atoms with Crippen molar-refractivity contribution < 1.29 is 9.53 Å². The van der Waals surface area contributed by atoms with Crippen molar-refractivity contribution in [3.05, 3.63) is 59.2 Å². The monoisotopic (exact) mass is 441 g/mol. The van der Waals surface area contributed by atoms with Crippen molar-refractivity contribution in [2.75, 3.05) is 19.1 Å². The Morgan fingerprint density at radius 2 is 1.94 bits per heavy atom. The lowest BCUT2D eigenvalue weighted by molar-refractivity contribution is -0.119. The van der Waals surface area contributed by atoms with Gasteiger partial charge >= 0.3 is 0 Å². The molecule has 2 fully saturated rings. The predicted molar refractivity (Wildman–Crippen MR) is 126 cm³/mol. The minimum Gasteiger partial charge on any atom is -0.496 e. The number of carbonyl (C=O) groups is 1. The van der Waals surface area contributed by atoms with Gasteiger partial charge in [0.05, 0.1) is 7.11 Å². The summed E-state index contributed by atoms with van der Waals surface area (Å²) in [4.78, 5) is 14.3. The molecule has 0 bridgehead atoms. The maximum atomic E-state index is 12.5. The molecule has 1 amide bonds. The summed E-state index contributed by atoms with van der Waals surface area (Å²) in [6, 6.07) is 16.2. The van der Waals surface area contributed by atoms with Crippen LogP contribution in [0.15, 0.2) is 42.5 Å². The lowest BCUT2D eigenvalue weighted by Crippen LogP contribution is -2.49. The van der Waals surface area contributed by atoms with Gasteiger partial charge in [-0.2, -0.15) is 0 Å². The SMILES string of the molecule is COc1cc2c(cc1CNC1CCC(C)NC1c1ccccc1)N(C)C(=O)[C@H]1C[C@@H]21.Cl. The number of methoxy groups -OCH3 is 1. The van der Waals surface area contributed by atoms with E-state index in [0.29, 0.717) is 18.0 Å². The highest BCUT2D eigenvalue weighted by atomic mass is 35.5. The fraction of sp³-hybridized carbons (Fsp3) is 0.480. The molecule has 0 aromatic heterocycles. The maximum absolute atomic E-state index is 12.5. The summed E-state index contributed by atoms with van der Waals surface area (Å²) in [6.45, 7) is 2.98. The Morgan fingerprint density at radius 1 is 1.16 bits per heavy atom. The Labute approximate surface area is 191 Å². The smallest absolute Gasteiger partial charge is 0.230 e. The lowest BCUT2D eigenvalue weighted by Gasteiger charge is -2.37. The molecule has 1 saturated carbocycles. The first-order valence-electron chi connectivity index (χ1n) is 11.1. The fourth-order valence-corrected chi connectivity index (χ4v) is 5.27. The Morgan fingerprint density at radius 3 is 2.68 bits per heavy atom. The Hall–Kier alpha value is -2.08. The molecule has 6 heteroatoms. The van der Waals surface area contributed by atoms with Crippen LogP contribution in [0.25, 0.3) is 0 Å². The molecule has 5 rings (SSSR count). The first-order valence-corrected chi connectivity index (χ1v) is 11.1. The summed E-state index contributed by atoms with van der Waals surface area (Å²) < 4.78 is 5.75. The standard InChI is InChI=1S/C25H31N3O2.ClH/c1-15-9-10-21(24(27-15)16-7-5-4-6-8-16)26-14-17-11-22-19(13-23(17)30-3)18-12-20(18)25(29)28(22)2;/h4-8,11,13,15,18,20-21,24,26-27H,9-10,12,14H2,1-3H3;1H/t15?,18-,20-,21?,24?;/m0./s1. The van der Waals surface area contributed by atoms with Gasteiger partial charge in [-0.3, -0.25) is 4.79 Å². The van der Waals surface area contributed by atoms with Crippen molar-refractivity contribution in [3.63, 3.8) is 0 Å². The van der Waals surface area contributed by atoms with Crippen molar-refractivity contribution in [1.82, 2.24) is 10.6 Å². The molecule has 2 N–H and O–H groups in total. The van der Waals surface area contributed by atoms with Crippen LogP contribution in [-0.2, 0) is 11.3 Å². The van der Waals surface area contributed by atoms with Gasteiger partial charge in [0.25, 0.3) is 0 Å². The van der Waals surface area contributed by atoms with Gasteiger partial charge < -0.3 is 20.3 Å². The largest absolute Gasteiger partial charge is 0.496 e. The molecular weight excluding hydrogens is 410 g/mol. The van der Waals surface area contributed by atoms with E-state index in [0.717, 1.165) is 42.8 Å². The molecule has 0 spiro atoms. The van der Waals surface area contributed by atoms with E-state index in [2.05, 4.69) is 60.0 Å². The van der Waals surface area contributed by atoms with Crippen LogP contribution >= 0.6 is 12.4 Å². The number of hydrogen-bond donors (Lipinski definition) is 2. The highest BCUT2D eigenvalue weighted by Crippen LogP contribution is 2.56. The molecule has 31 heavy (non-hydrogen) atoms. The van der Waals surface area contributed by atoms with E-state index in [4.69, 9.17) is 4.74 Å². The average Bonchev–Trinajstić information content (AvgIpc) is 3.58. The zero-order valence-corrected chi connectivity index (χ0v) is 19.2. The molecule has 1 aliphatic carbocycles. The van der Waals surface area contributed by atoms with Crippen molar-refractivity contribution in [2.45, 2.75) is 56.8 Å². The van der Waals surface area contributed by atoms with Crippen molar-refractivity contribution in [3.8, 4) is 5.75 Å². The van der Waals surface area contributed by atoms with Crippen LogP contribution in [0, 0.1) is 5.92 Å². The molecule has 1 saturated heterocycles. The third-order valence-corrected chi connectivity index (χ3v) is 7.12. The van der Waals surface area contributed by atoms with Crippen LogP contribution in [0.2, 0.25) is 0 Å². The van der Waals surface area contributed by atoms with Crippen molar-refractivity contribution >= 4 is 24.0 Å². The van der Waals surface area contributed by atoms with E-state index < -0.39 is 0 Å². The second kappa shape index (κ2) is 8.81. The Kier molecular flexibility index (Phi) is 6.29. The molecule has 2 heterocycles. The average molecular weight is 442 g/mol. The van der Waals surface area contributed by atoms with Crippen LogP contribution < -0.4 is 20.3 Å². The van der Waals surface area contributed by atoms with Gasteiger partial charge in [0.1, 0.15) is 5.75 Å². The van der Waals surface area contributed by atoms with Gasteiger partial charge in [0, 0.05) is 48.9 Å². The number of hydrogen-bond acceptors (Lipinski definition) is 4. The summed E-state index contributed by atoms with van der Waals surface area (Å²) in [5, 5.41) is 7.57. The molecule has 0 radical (unpaired) electrons. The number of halogens is 1. The number of benzene rings is 2. The van der Waals surface area contributed by atoms with Gasteiger partial charge in [-0.05, 0) is 55.4 Å². The van der Waals surface area contributed by atoms with Crippen LogP contribution in [0.5, 0.6) is 5.75 Å². The number of nitrogens with zero attached hydrogens (tertiary/aromatic N) is 1. The van der Waals surface area contributed by atoms with Gasteiger partial charge in [0.2, 0.25) is 5.91 Å². The van der Waals surface area contributed by atoms with Crippen molar-refractivity contribution in [1.29, 1.82) is 0 Å². The number of ether oxygens (including phenoxy) is 1. The summed E-state index contributed by atoms with van der Waals surface area (Å²) in [6.07, 6.45) is 3.26. The number of amides is 1.